The van der Waals surface area contributed by atoms with Gasteiger partial charge in [0, 0.05) is 55.7 Å². The SMILES string of the molecule is CC(C)c1ccc(N2CC([C@H]3CCCS3(=O)=O)C2)c2cnc(Nc3ccnc(-c4cn(C)nc4Cl)n3)cc12. The standard InChI is InChI=1S/C27H30ClN7O2S/c1-16(2)18-6-7-22(35-13-17(14-35)23-5-4-10-38(23,36)37)20-12-30-25(11-19(18)20)31-24-8-9-29-27(32-24)21-15-34(3)33-26(21)28/h6-9,11-12,15-17,23H,4-5,10,13-14H2,1-3H3,(H,29,30,31,32)/t23-/m1/s1. The van der Waals surface area contributed by atoms with E-state index in [1.165, 1.54) is 5.56 Å². The Bertz CT molecular complexity index is 1630. The third-order valence-electron chi connectivity index (χ3n) is 7.63. The van der Waals surface area contributed by atoms with Crippen LogP contribution in [0.1, 0.15) is 38.2 Å². The fourth-order valence-electron chi connectivity index (χ4n) is 5.68. The number of aryl methyl sites for hydroxylation is 1. The number of benzene rings is 1. The van der Waals surface area contributed by atoms with Gasteiger partial charge in [0.1, 0.15) is 11.6 Å². The summed E-state index contributed by atoms with van der Waals surface area (Å²) in [7, 11) is -1.14. The predicted molar refractivity (Wildman–Crippen MR) is 151 cm³/mol. The monoisotopic (exact) mass is 551 g/mol. The van der Waals surface area contributed by atoms with Gasteiger partial charge < -0.3 is 10.2 Å². The number of anilines is 3. The van der Waals surface area contributed by atoms with Gasteiger partial charge in [0.15, 0.2) is 20.8 Å². The quantitative estimate of drug-likeness (QED) is 0.358. The largest absolute Gasteiger partial charge is 0.370 e. The van der Waals surface area contributed by atoms with E-state index in [0.717, 1.165) is 42.4 Å². The lowest BCUT2D eigenvalue weighted by Crippen LogP contribution is -2.53. The number of nitrogens with one attached hydrogen (secondary N) is 1. The number of pyridine rings is 1. The Labute approximate surface area is 227 Å². The van der Waals surface area contributed by atoms with Crippen LogP contribution < -0.4 is 10.2 Å². The van der Waals surface area contributed by atoms with E-state index in [-0.39, 0.29) is 11.2 Å². The normalized spacial score (nSPS) is 19.3. The minimum Gasteiger partial charge on any atom is -0.370 e. The lowest BCUT2D eigenvalue weighted by atomic mass is 9.90. The van der Waals surface area contributed by atoms with Crippen LogP contribution in [0.4, 0.5) is 17.3 Å². The summed E-state index contributed by atoms with van der Waals surface area (Å²) in [5, 5.41) is 9.83. The third-order valence-corrected chi connectivity index (χ3v) is 10.3. The summed E-state index contributed by atoms with van der Waals surface area (Å²) in [5.74, 6) is 2.63. The second-order valence-electron chi connectivity index (χ2n) is 10.6. The van der Waals surface area contributed by atoms with Gasteiger partial charge in [-0.3, -0.25) is 4.68 Å². The number of hydrogen-bond donors (Lipinski definition) is 1. The number of fused-ring (bicyclic) bond motifs is 1. The first-order valence-electron chi connectivity index (χ1n) is 12.9. The molecule has 1 N–H and O–H groups in total. The average Bonchev–Trinajstić information content (AvgIpc) is 3.37. The molecule has 6 rings (SSSR count). The molecule has 38 heavy (non-hydrogen) atoms. The number of nitrogens with zero attached hydrogens (tertiary/aromatic N) is 6. The molecule has 0 unspecified atom stereocenters. The van der Waals surface area contributed by atoms with Crippen molar-refractivity contribution in [3.05, 3.63) is 53.6 Å². The molecule has 0 radical (unpaired) electrons. The molecule has 9 nitrogen and oxygen atoms in total. The van der Waals surface area contributed by atoms with Crippen LogP contribution in [0.3, 0.4) is 0 Å². The molecule has 0 bridgehead atoms. The molecule has 2 fully saturated rings. The van der Waals surface area contributed by atoms with Crippen molar-refractivity contribution in [2.75, 3.05) is 29.1 Å². The zero-order valence-corrected chi connectivity index (χ0v) is 23.2. The van der Waals surface area contributed by atoms with Gasteiger partial charge in [-0.15, -0.1) is 0 Å². The summed E-state index contributed by atoms with van der Waals surface area (Å²) in [6, 6.07) is 8.18. The Morgan fingerprint density at radius 3 is 2.61 bits per heavy atom. The molecule has 0 spiro atoms. The van der Waals surface area contributed by atoms with Crippen LogP contribution in [0.2, 0.25) is 5.15 Å². The van der Waals surface area contributed by atoms with Crippen LogP contribution in [-0.2, 0) is 16.9 Å². The zero-order chi connectivity index (χ0) is 26.6. The molecule has 198 valence electrons. The number of aromatic nitrogens is 5. The summed E-state index contributed by atoms with van der Waals surface area (Å²) in [5.41, 5.74) is 3.00. The minimum atomic E-state index is -2.94. The summed E-state index contributed by atoms with van der Waals surface area (Å²) >= 11 is 6.24. The van der Waals surface area contributed by atoms with Gasteiger partial charge >= 0.3 is 0 Å². The lowest BCUT2D eigenvalue weighted by Gasteiger charge is -2.44. The van der Waals surface area contributed by atoms with Gasteiger partial charge in [0.25, 0.3) is 0 Å². The number of hydrogen-bond acceptors (Lipinski definition) is 8. The Morgan fingerprint density at radius 1 is 1.11 bits per heavy atom. The maximum absolute atomic E-state index is 12.4. The maximum atomic E-state index is 12.4. The highest BCUT2D eigenvalue weighted by Crippen LogP contribution is 2.40. The average molecular weight is 552 g/mol. The first-order chi connectivity index (χ1) is 18.2. The summed E-state index contributed by atoms with van der Waals surface area (Å²) in [6.07, 6.45) is 6.95. The van der Waals surface area contributed by atoms with E-state index >= 15 is 0 Å². The van der Waals surface area contributed by atoms with Gasteiger partial charge in [0.05, 0.1) is 16.6 Å². The van der Waals surface area contributed by atoms with Crippen LogP contribution in [0.5, 0.6) is 0 Å². The maximum Gasteiger partial charge on any atom is 0.166 e. The molecule has 11 heteroatoms. The summed E-state index contributed by atoms with van der Waals surface area (Å²) < 4.78 is 26.5. The highest BCUT2D eigenvalue weighted by molar-refractivity contribution is 7.92. The highest BCUT2D eigenvalue weighted by atomic mass is 35.5. The van der Waals surface area contributed by atoms with Crippen molar-refractivity contribution in [1.29, 1.82) is 0 Å². The van der Waals surface area contributed by atoms with Crippen molar-refractivity contribution in [2.24, 2.45) is 13.0 Å². The fourth-order valence-corrected chi connectivity index (χ4v) is 8.09. The highest BCUT2D eigenvalue weighted by Gasteiger charge is 2.43. The van der Waals surface area contributed by atoms with Gasteiger partial charge in [-0.05, 0) is 47.9 Å². The molecule has 1 aromatic carbocycles. The molecule has 1 atom stereocenters. The van der Waals surface area contributed by atoms with Crippen molar-refractivity contribution in [3.63, 3.8) is 0 Å². The fraction of sp³-hybridized carbons (Fsp3) is 0.407. The van der Waals surface area contributed by atoms with Crippen molar-refractivity contribution >= 4 is 49.5 Å². The van der Waals surface area contributed by atoms with Gasteiger partial charge in [0.2, 0.25) is 0 Å². The minimum absolute atomic E-state index is 0.187. The first-order valence-corrected chi connectivity index (χ1v) is 15.0. The van der Waals surface area contributed by atoms with E-state index in [2.05, 4.69) is 57.3 Å². The second kappa shape index (κ2) is 9.50. The van der Waals surface area contributed by atoms with E-state index in [0.29, 0.717) is 39.8 Å². The van der Waals surface area contributed by atoms with Crippen molar-refractivity contribution in [2.45, 2.75) is 37.9 Å². The molecular weight excluding hydrogens is 522 g/mol. The number of rotatable bonds is 6. The predicted octanol–water partition coefficient (Wildman–Crippen LogP) is 4.96. The Kier molecular flexibility index (Phi) is 6.26. The van der Waals surface area contributed by atoms with Crippen molar-refractivity contribution < 1.29 is 8.42 Å². The Morgan fingerprint density at radius 2 is 1.92 bits per heavy atom. The van der Waals surface area contributed by atoms with Gasteiger partial charge in [-0.1, -0.05) is 31.5 Å². The van der Waals surface area contributed by atoms with Crippen LogP contribution in [0.25, 0.3) is 22.2 Å². The van der Waals surface area contributed by atoms with Crippen LogP contribution in [0, 0.1) is 5.92 Å². The molecule has 0 saturated carbocycles. The molecule has 0 amide bonds. The van der Waals surface area contributed by atoms with Crippen molar-refractivity contribution in [1.82, 2.24) is 24.7 Å². The van der Waals surface area contributed by atoms with Gasteiger partial charge in [-0.2, -0.15) is 5.10 Å². The van der Waals surface area contributed by atoms with E-state index < -0.39 is 9.84 Å². The van der Waals surface area contributed by atoms with Crippen LogP contribution in [-0.4, -0.2) is 57.2 Å². The molecule has 2 aliphatic rings. The Hall–Kier alpha value is -3.24. The van der Waals surface area contributed by atoms with E-state index in [1.54, 1.807) is 30.2 Å². The lowest BCUT2D eigenvalue weighted by molar-refractivity contribution is 0.382. The topological polar surface area (TPSA) is 106 Å². The van der Waals surface area contributed by atoms with Crippen LogP contribution in [0.15, 0.2) is 42.9 Å². The van der Waals surface area contributed by atoms with Gasteiger partial charge in [-0.25, -0.2) is 23.4 Å². The number of sulfone groups is 1. The zero-order valence-electron chi connectivity index (χ0n) is 21.6. The van der Waals surface area contributed by atoms with E-state index in [1.807, 2.05) is 6.20 Å². The smallest absolute Gasteiger partial charge is 0.166 e. The molecule has 5 heterocycles. The molecule has 4 aromatic rings. The molecule has 2 saturated heterocycles. The summed E-state index contributed by atoms with van der Waals surface area (Å²) in [6.45, 7) is 5.89. The molecule has 3 aromatic heterocycles. The second-order valence-corrected chi connectivity index (χ2v) is 13.3. The van der Waals surface area contributed by atoms with E-state index in [4.69, 9.17) is 16.6 Å². The number of halogens is 1. The molecular formula is C27H30ClN7O2S. The Balaban J connectivity index is 1.29. The molecule has 0 aliphatic carbocycles. The summed E-state index contributed by atoms with van der Waals surface area (Å²) in [4.78, 5) is 16.0. The first kappa shape index (κ1) is 25.1. The van der Waals surface area contributed by atoms with E-state index in [9.17, 15) is 8.42 Å². The van der Waals surface area contributed by atoms with Crippen LogP contribution >= 0.6 is 11.6 Å². The van der Waals surface area contributed by atoms with Crippen molar-refractivity contribution in [3.8, 4) is 11.4 Å². The molecule has 2 aliphatic heterocycles. The third kappa shape index (κ3) is 4.49.